The zero-order valence-electron chi connectivity index (χ0n) is 19.5. The van der Waals surface area contributed by atoms with Crippen LogP contribution >= 0.6 is 0 Å². The molecule has 0 heterocycles. The molecule has 0 saturated heterocycles. The van der Waals surface area contributed by atoms with Crippen molar-refractivity contribution in [3.8, 4) is 5.75 Å². The number of carbonyl (C=O) groups excluding carboxylic acids is 1. The highest BCUT2D eigenvalue weighted by Gasteiger charge is 2.34. The molecule has 1 N–H and O–H groups in total. The minimum absolute atomic E-state index is 0.244. The molecule has 192 valence electrons. The first-order valence-electron chi connectivity index (χ1n) is 11.0. The van der Waals surface area contributed by atoms with Crippen LogP contribution in [0.25, 0.3) is 0 Å². The van der Waals surface area contributed by atoms with Gasteiger partial charge in [-0.1, -0.05) is 18.6 Å². The molecule has 11 heteroatoms. The summed E-state index contributed by atoms with van der Waals surface area (Å²) in [7, 11) is -4.49. The lowest BCUT2D eigenvalue weighted by molar-refractivity contribution is -0.157. The van der Waals surface area contributed by atoms with Crippen LogP contribution in [0, 0.1) is 5.82 Å². The Morgan fingerprint density at radius 1 is 1.11 bits per heavy atom. The van der Waals surface area contributed by atoms with Crippen molar-refractivity contribution in [2.24, 2.45) is 0 Å². The van der Waals surface area contributed by atoms with Crippen LogP contribution in [0.3, 0.4) is 0 Å². The molecule has 0 fully saturated rings. The van der Waals surface area contributed by atoms with E-state index < -0.39 is 50.1 Å². The van der Waals surface area contributed by atoms with Gasteiger partial charge < -0.3 is 9.47 Å². The number of halogens is 4. The number of nitrogens with one attached hydrogen (secondary N) is 1. The summed E-state index contributed by atoms with van der Waals surface area (Å²) in [4.78, 5) is 11.2. The minimum atomic E-state index is -4.90. The van der Waals surface area contributed by atoms with E-state index in [1.165, 1.54) is 0 Å². The molecule has 0 bridgehead atoms. The Bertz CT molecular complexity index is 1190. The van der Waals surface area contributed by atoms with E-state index in [1.54, 1.807) is 39.0 Å². The molecule has 1 atom stereocenters. The number of sulfonamides is 1. The smallest absolute Gasteiger partial charge is 0.416 e. The van der Waals surface area contributed by atoms with Crippen LogP contribution in [0.4, 0.5) is 17.6 Å². The van der Waals surface area contributed by atoms with Gasteiger partial charge >= 0.3 is 12.1 Å². The van der Waals surface area contributed by atoms with Crippen molar-refractivity contribution >= 4 is 16.0 Å². The summed E-state index contributed by atoms with van der Waals surface area (Å²) in [5, 5.41) is 0. The largest absolute Gasteiger partial charge is 0.482 e. The van der Waals surface area contributed by atoms with Crippen molar-refractivity contribution in [1.29, 1.82) is 0 Å². The molecule has 3 rings (SSSR count). The summed E-state index contributed by atoms with van der Waals surface area (Å²) in [6.45, 7) is 4.85. The van der Waals surface area contributed by atoms with Gasteiger partial charge in [0.1, 0.15) is 17.2 Å². The van der Waals surface area contributed by atoms with Gasteiger partial charge in [0.2, 0.25) is 10.0 Å². The number of ether oxygens (including phenoxy) is 2. The molecule has 1 aliphatic rings. The van der Waals surface area contributed by atoms with Gasteiger partial charge in [0.05, 0.1) is 10.5 Å². The lowest BCUT2D eigenvalue weighted by Gasteiger charge is -2.22. The molecule has 1 unspecified atom stereocenters. The van der Waals surface area contributed by atoms with Gasteiger partial charge in [-0.05, 0) is 75.4 Å². The fourth-order valence-electron chi connectivity index (χ4n) is 3.88. The van der Waals surface area contributed by atoms with Gasteiger partial charge in [0.25, 0.3) is 0 Å². The van der Waals surface area contributed by atoms with Crippen LogP contribution in [-0.4, -0.2) is 26.6 Å². The number of carbonyl (C=O) groups is 1. The molecule has 0 spiro atoms. The molecule has 2 aromatic carbocycles. The van der Waals surface area contributed by atoms with E-state index in [9.17, 15) is 30.8 Å². The number of hydrogen-bond acceptors (Lipinski definition) is 5. The maximum Gasteiger partial charge on any atom is 0.416 e. The highest BCUT2D eigenvalue weighted by atomic mass is 32.2. The Morgan fingerprint density at radius 3 is 2.49 bits per heavy atom. The third-order valence-electron chi connectivity index (χ3n) is 5.29. The van der Waals surface area contributed by atoms with Gasteiger partial charge in [-0.3, -0.25) is 0 Å². The molecule has 6 nitrogen and oxygen atoms in total. The van der Waals surface area contributed by atoms with Crippen LogP contribution in [0.15, 0.2) is 41.3 Å². The Balaban J connectivity index is 1.87. The molecule has 1 aliphatic carbocycles. The SMILES string of the molecule is CC(C)(C)OC(=O)COc1cccc2c1CCCCC2NS(=O)(=O)c1cc(F)cc(C(F)(F)F)c1. The normalized spacial score (nSPS) is 16.8. The van der Waals surface area contributed by atoms with E-state index in [2.05, 4.69) is 4.72 Å². The zero-order valence-corrected chi connectivity index (χ0v) is 20.4. The van der Waals surface area contributed by atoms with Gasteiger partial charge in [-0.25, -0.2) is 22.3 Å². The Kier molecular flexibility index (Phi) is 7.80. The second kappa shape index (κ2) is 10.1. The number of esters is 1. The Morgan fingerprint density at radius 2 is 1.83 bits per heavy atom. The standard InChI is InChI=1S/C24H27F4NO5S/c1-23(2,3)34-22(30)14-33-21-10-6-8-18-19(21)7-4-5-9-20(18)29-35(31,32)17-12-15(24(26,27)28)11-16(25)13-17/h6,8,10-13,20,29H,4-5,7,9,14H2,1-3H3. The third-order valence-corrected chi connectivity index (χ3v) is 6.74. The van der Waals surface area contributed by atoms with Crippen LogP contribution in [0.2, 0.25) is 0 Å². The van der Waals surface area contributed by atoms with Crippen LogP contribution in [0.5, 0.6) is 5.75 Å². The second-order valence-electron chi connectivity index (χ2n) is 9.29. The van der Waals surface area contributed by atoms with Gasteiger partial charge in [-0.2, -0.15) is 13.2 Å². The molecule has 0 saturated carbocycles. The van der Waals surface area contributed by atoms with Gasteiger partial charge in [-0.15, -0.1) is 0 Å². The van der Waals surface area contributed by atoms with Crippen LogP contribution in [-0.2, 0) is 32.2 Å². The van der Waals surface area contributed by atoms with E-state index in [0.29, 0.717) is 54.7 Å². The molecule has 35 heavy (non-hydrogen) atoms. The number of rotatable bonds is 6. The minimum Gasteiger partial charge on any atom is -0.482 e. The average molecular weight is 518 g/mol. The molecular weight excluding hydrogens is 490 g/mol. The van der Waals surface area contributed by atoms with Crippen molar-refractivity contribution in [3.05, 3.63) is 58.9 Å². The molecule has 0 radical (unpaired) electrons. The summed E-state index contributed by atoms with van der Waals surface area (Å²) in [5.74, 6) is -1.48. The van der Waals surface area contributed by atoms with E-state index in [4.69, 9.17) is 9.47 Å². The van der Waals surface area contributed by atoms with Gasteiger partial charge in [0, 0.05) is 6.04 Å². The fourth-order valence-corrected chi connectivity index (χ4v) is 5.19. The number of fused-ring (bicyclic) bond motifs is 1. The Labute approximate surface area is 201 Å². The summed E-state index contributed by atoms with van der Waals surface area (Å²) in [6, 6.07) is 5.41. The van der Waals surface area contributed by atoms with Crippen molar-refractivity contribution < 1.29 is 40.2 Å². The van der Waals surface area contributed by atoms with E-state index in [-0.39, 0.29) is 12.7 Å². The second-order valence-corrected chi connectivity index (χ2v) is 11.0. The van der Waals surface area contributed by atoms with Crippen molar-refractivity contribution in [2.45, 2.75) is 69.2 Å². The topological polar surface area (TPSA) is 81.7 Å². The van der Waals surface area contributed by atoms with Crippen molar-refractivity contribution in [3.63, 3.8) is 0 Å². The number of hydrogen-bond donors (Lipinski definition) is 1. The Hall–Kier alpha value is -2.66. The predicted octanol–water partition coefficient (Wildman–Crippen LogP) is 5.31. The highest BCUT2D eigenvalue weighted by Crippen LogP contribution is 2.36. The maximum absolute atomic E-state index is 13.8. The summed E-state index contributed by atoms with van der Waals surface area (Å²) < 4.78 is 92.3. The quantitative estimate of drug-likeness (QED) is 0.319. The molecule has 0 amide bonds. The number of benzene rings is 2. The fraction of sp³-hybridized carbons (Fsp3) is 0.458. The van der Waals surface area contributed by atoms with E-state index >= 15 is 0 Å². The monoisotopic (exact) mass is 517 g/mol. The first-order valence-corrected chi connectivity index (χ1v) is 12.5. The van der Waals surface area contributed by atoms with Crippen molar-refractivity contribution in [2.75, 3.05) is 6.61 Å². The zero-order chi connectivity index (χ0) is 26.0. The summed E-state index contributed by atoms with van der Waals surface area (Å²) in [6.07, 6.45) is -2.64. The lowest BCUT2D eigenvalue weighted by atomic mass is 9.99. The molecule has 0 aromatic heterocycles. The van der Waals surface area contributed by atoms with E-state index in [1.807, 2.05) is 0 Å². The average Bonchev–Trinajstić information content (AvgIpc) is 2.92. The summed E-state index contributed by atoms with van der Waals surface area (Å²) >= 11 is 0. The van der Waals surface area contributed by atoms with Crippen molar-refractivity contribution in [1.82, 2.24) is 4.72 Å². The van der Waals surface area contributed by atoms with Crippen LogP contribution in [0.1, 0.15) is 62.8 Å². The molecular formula is C24H27F4NO5S. The lowest BCUT2D eigenvalue weighted by Crippen LogP contribution is -2.29. The van der Waals surface area contributed by atoms with E-state index in [0.717, 1.165) is 0 Å². The highest BCUT2D eigenvalue weighted by molar-refractivity contribution is 7.89. The van der Waals surface area contributed by atoms with Gasteiger partial charge in [0.15, 0.2) is 6.61 Å². The first kappa shape index (κ1) is 26.9. The van der Waals surface area contributed by atoms with Crippen LogP contribution < -0.4 is 9.46 Å². The maximum atomic E-state index is 13.8. The predicted molar refractivity (Wildman–Crippen MR) is 120 cm³/mol. The molecule has 0 aliphatic heterocycles. The molecule has 2 aromatic rings. The third kappa shape index (κ3) is 7.17. The summed E-state index contributed by atoms with van der Waals surface area (Å²) in [5.41, 5.74) is -0.797. The number of alkyl halides is 3. The first-order chi connectivity index (χ1) is 16.2.